The SMILES string of the molecule is Cl.N#Cc1cc([C@H](N)CC2CC2)c(O)c([N+](=O)[O-])c1. The smallest absolute Gasteiger partial charge is 0.312 e. The van der Waals surface area contributed by atoms with Crippen molar-refractivity contribution in [3.63, 3.8) is 0 Å². The molecule has 1 fully saturated rings. The van der Waals surface area contributed by atoms with Gasteiger partial charge in [0.1, 0.15) is 0 Å². The van der Waals surface area contributed by atoms with Crippen molar-refractivity contribution in [3.05, 3.63) is 33.4 Å². The number of benzene rings is 1. The Kier molecular flexibility index (Phi) is 4.70. The van der Waals surface area contributed by atoms with Crippen LogP contribution in [0.25, 0.3) is 0 Å². The molecular weight excluding hydrogens is 270 g/mol. The van der Waals surface area contributed by atoms with Crippen LogP contribution in [-0.4, -0.2) is 10.0 Å². The average molecular weight is 284 g/mol. The van der Waals surface area contributed by atoms with Crippen molar-refractivity contribution in [3.8, 4) is 11.8 Å². The van der Waals surface area contributed by atoms with Gasteiger partial charge in [-0.3, -0.25) is 10.1 Å². The van der Waals surface area contributed by atoms with E-state index in [1.54, 1.807) is 0 Å². The quantitative estimate of drug-likeness (QED) is 0.650. The van der Waals surface area contributed by atoms with Crippen LogP contribution in [-0.2, 0) is 0 Å². The minimum Gasteiger partial charge on any atom is -0.502 e. The molecule has 0 bridgehead atoms. The van der Waals surface area contributed by atoms with E-state index >= 15 is 0 Å². The van der Waals surface area contributed by atoms with Gasteiger partial charge in [0.2, 0.25) is 0 Å². The van der Waals surface area contributed by atoms with Crippen molar-refractivity contribution in [2.45, 2.75) is 25.3 Å². The van der Waals surface area contributed by atoms with Crippen LogP contribution in [0.2, 0.25) is 0 Å². The highest BCUT2D eigenvalue weighted by Crippen LogP contribution is 2.41. The van der Waals surface area contributed by atoms with E-state index in [9.17, 15) is 15.2 Å². The largest absolute Gasteiger partial charge is 0.502 e. The molecule has 1 saturated carbocycles. The first-order valence-corrected chi connectivity index (χ1v) is 5.70. The summed E-state index contributed by atoms with van der Waals surface area (Å²) in [6.07, 6.45) is 2.89. The molecule has 0 aliphatic heterocycles. The predicted molar refractivity (Wildman–Crippen MR) is 71.0 cm³/mol. The van der Waals surface area contributed by atoms with E-state index in [1.165, 1.54) is 6.07 Å². The van der Waals surface area contributed by atoms with Crippen LogP contribution in [0, 0.1) is 27.4 Å². The number of halogens is 1. The molecule has 0 amide bonds. The molecule has 1 aromatic rings. The van der Waals surface area contributed by atoms with Crippen LogP contribution in [0.5, 0.6) is 5.75 Å². The topological polar surface area (TPSA) is 113 Å². The van der Waals surface area contributed by atoms with E-state index < -0.39 is 22.4 Å². The summed E-state index contributed by atoms with van der Waals surface area (Å²) in [5, 5.41) is 29.5. The summed E-state index contributed by atoms with van der Waals surface area (Å²) in [6.45, 7) is 0. The zero-order valence-corrected chi connectivity index (χ0v) is 10.9. The van der Waals surface area contributed by atoms with Crippen molar-refractivity contribution in [2.24, 2.45) is 11.7 Å². The Bertz CT molecular complexity index is 538. The van der Waals surface area contributed by atoms with Crippen LogP contribution < -0.4 is 5.73 Å². The van der Waals surface area contributed by atoms with E-state index in [1.807, 2.05) is 6.07 Å². The zero-order valence-electron chi connectivity index (χ0n) is 10.1. The van der Waals surface area contributed by atoms with E-state index in [0.717, 1.165) is 18.9 Å². The Morgan fingerprint density at radius 1 is 1.58 bits per heavy atom. The van der Waals surface area contributed by atoms with E-state index in [-0.39, 0.29) is 23.5 Å². The molecular formula is C12H14ClN3O3. The van der Waals surface area contributed by atoms with Gasteiger partial charge in [-0.2, -0.15) is 5.26 Å². The second kappa shape index (κ2) is 5.87. The fraction of sp³-hybridized carbons (Fsp3) is 0.417. The van der Waals surface area contributed by atoms with Crippen LogP contribution in [0.15, 0.2) is 12.1 Å². The highest BCUT2D eigenvalue weighted by Gasteiger charge is 2.28. The Morgan fingerprint density at radius 3 is 2.68 bits per heavy atom. The van der Waals surface area contributed by atoms with Crippen LogP contribution in [0.3, 0.4) is 0 Å². The summed E-state index contributed by atoms with van der Waals surface area (Å²) in [6, 6.07) is 3.86. The first-order chi connectivity index (χ1) is 8.52. The number of nitrogens with zero attached hydrogens (tertiary/aromatic N) is 2. The molecule has 0 unspecified atom stereocenters. The first kappa shape index (κ1) is 15.2. The van der Waals surface area contributed by atoms with E-state index in [4.69, 9.17) is 11.0 Å². The van der Waals surface area contributed by atoms with Crippen molar-refractivity contribution in [2.75, 3.05) is 0 Å². The van der Waals surface area contributed by atoms with Crippen LogP contribution in [0.4, 0.5) is 5.69 Å². The number of hydrogen-bond acceptors (Lipinski definition) is 5. The highest BCUT2D eigenvalue weighted by molar-refractivity contribution is 5.85. The number of aromatic hydroxyl groups is 1. The number of nitriles is 1. The van der Waals surface area contributed by atoms with Gasteiger partial charge in [0.25, 0.3) is 0 Å². The Morgan fingerprint density at radius 2 is 2.21 bits per heavy atom. The lowest BCUT2D eigenvalue weighted by molar-refractivity contribution is -0.386. The summed E-state index contributed by atoms with van der Waals surface area (Å²) < 4.78 is 0. The molecule has 2 rings (SSSR count). The van der Waals surface area contributed by atoms with Gasteiger partial charge in [-0.15, -0.1) is 12.4 Å². The number of rotatable bonds is 4. The summed E-state index contributed by atoms with van der Waals surface area (Å²) in [5.41, 5.74) is 5.90. The van der Waals surface area contributed by atoms with Crippen LogP contribution >= 0.6 is 12.4 Å². The van der Waals surface area contributed by atoms with Crippen LogP contribution in [0.1, 0.15) is 36.4 Å². The maximum Gasteiger partial charge on any atom is 0.312 e. The van der Waals surface area contributed by atoms with Gasteiger partial charge < -0.3 is 10.8 Å². The molecule has 3 N–H and O–H groups in total. The molecule has 1 aromatic carbocycles. The standard InChI is InChI=1S/C12H13N3O3.ClH/c13-6-8-3-9(10(14)4-7-1-2-7)12(16)11(5-8)15(17)18;/h3,5,7,10,16H,1-2,4,14H2;1H/t10-;/m1./s1. The molecule has 1 aliphatic rings. The molecule has 0 spiro atoms. The van der Waals surface area contributed by atoms with Gasteiger partial charge in [0, 0.05) is 17.7 Å². The molecule has 19 heavy (non-hydrogen) atoms. The minimum atomic E-state index is -0.705. The Hall–Kier alpha value is -1.84. The predicted octanol–water partition coefficient (Wildman–Crippen LogP) is 2.39. The number of nitrogens with two attached hydrogens (primary N) is 1. The number of phenols is 1. The molecule has 1 atom stereocenters. The van der Waals surface area contributed by atoms with Crippen molar-refractivity contribution < 1.29 is 10.0 Å². The third-order valence-corrected chi connectivity index (χ3v) is 3.13. The second-order valence-electron chi connectivity index (χ2n) is 4.59. The lowest BCUT2D eigenvalue weighted by Crippen LogP contribution is -2.12. The number of nitro benzene ring substituents is 1. The Balaban J connectivity index is 0.00000180. The number of nitro groups is 1. The van der Waals surface area contributed by atoms with E-state index in [0.29, 0.717) is 12.3 Å². The molecule has 7 heteroatoms. The summed E-state index contributed by atoms with van der Waals surface area (Å²) in [5.74, 6) is 0.108. The first-order valence-electron chi connectivity index (χ1n) is 5.70. The number of phenolic OH excluding ortho intramolecular Hbond substituents is 1. The van der Waals surface area contributed by atoms with Gasteiger partial charge in [-0.1, -0.05) is 12.8 Å². The molecule has 1 aliphatic carbocycles. The van der Waals surface area contributed by atoms with Crippen molar-refractivity contribution in [1.29, 1.82) is 5.26 Å². The number of hydrogen-bond donors (Lipinski definition) is 2. The lowest BCUT2D eigenvalue weighted by Gasteiger charge is -2.13. The van der Waals surface area contributed by atoms with Gasteiger partial charge in [0.05, 0.1) is 16.6 Å². The van der Waals surface area contributed by atoms with Gasteiger partial charge in [0.15, 0.2) is 5.75 Å². The van der Waals surface area contributed by atoms with Gasteiger partial charge >= 0.3 is 5.69 Å². The third kappa shape index (κ3) is 3.34. The molecule has 102 valence electrons. The average Bonchev–Trinajstić information content (AvgIpc) is 3.12. The normalized spacial score (nSPS) is 15.2. The monoisotopic (exact) mass is 283 g/mol. The molecule has 0 heterocycles. The molecule has 0 saturated heterocycles. The fourth-order valence-electron chi connectivity index (χ4n) is 1.97. The fourth-order valence-corrected chi connectivity index (χ4v) is 1.97. The second-order valence-corrected chi connectivity index (χ2v) is 4.59. The Labute approximate surface area is 116 Å². The molecule has 6 nitrogen and oxygen atoms in total. The van der Waals surface area contributed by atoms with Crippen molar-refractivity contribution >= 4 is 18.1 Å². The maximum atomic E-state index is 10.8. The molecule has 0 aromatic heterocycles. The van der Waals surface area contributed by atoms with Gasteiger partial charge in [-0.25, -0.2) is 0 Å². The maximum absolute atomic E-state index is 10.8. The summed E-state index contributed by atoms with van der Waals surface area (Å²) in [4.78, 5) is 10.1. The van der Waals surface area contributed by atoms with Crippen molar-refractivity contribution in [1.82, 2.24) is 0 Å². The molecule has 0 radical (unpaired) electrons. The third-order valence-electron chi connectivity index (χ3n) is 3.13. The zero-order chi connectivity index (χ0) is 13.3. The van der Waals surface area contributed by atoms with E-state index in [2.05, 4.69) is 0 Å². The highest BCUT2D eigenvalue weighted by atomic mass is 35.5. The lowest BCUT2D eigenvalue weighted by atomic mass is 9.98. The summed E-state index contributed by atoms with van der Waals surface area (Å²) >= 11 is 0. The van der Waals surface area contributed by atoms with Gasteiger partial charge in [-0.05, 0) is 18.4 Å². The summed E-state index contributed by atoms with van der Waals surface area (Å²) in [7, 11) is 0. The minimum absolute atomic E-state index is 0.